The number of aromatic hydroxyl groups is 2. The highest BCUT2D eigenvalue weighted by molar-refractivity contribution is 6.05. The van der Waals surface area contributed by atoms with E-state index in [9.17, 15) is 19.8 Å². The number of nitrogens with zero attached hydrogens (tertiary/aromatic N) is 3. The van der Waals surface area contributed by atoms with Gasteiger partial charge in [-0.1, -0.05) is 54.6 Å². The fourth-order valence-corrected chi connectivity index (χ4v) is 3.13. The molecule has 3 aromatic carbocycles. The van der Waals surface area contributed by atoms with Gasteiger partial charge in [-0.05, 0) is 23.8 Å². The molecule has 1 heterocycles. The highest BCUT2D eigenvalue weighted by Crippen LogP contribution is 2.26. The lowest BCUT2D eigenvalue weighted by Gasteiger charge is -2.10. The highest BCUT2D eigenvalue weighted by atomic mass is 16.3. The number of phenolic OH excluding ortho intramolecular Hbond substituents is 2. The molecular weight excluding hydrogens is 396 g/mol. The summed E-state index contributed by atoms with van der Waals surface area (Å²) in [5, 5.41) is 28.3. The molecule has 31 heavy (non-hydrogen) atoms. The highest BCUT2D eigenvalue weighted by Gasteiger charge is 2.16. The van der Waals surface area contributed by atoms with Crippen LogP contribution in [0.1, 0.15) is 21.6 Å². The lowest BCUT2D eigenvalue weighted by Crippen LogP contribution is -2.29. The van der Waals surface area contributed by atoms with Gasteiger partial charge < -0.3 is 10.2 Å². The van der Waals surface area contributed by atoms with Crippen molar-refractivity contribution >= 4 is 22.9 Å². The van der Waals surface area contributed by atoms with Crippen molar-refractivity contribution in [3.63, 3.8) is 0 Å². The SMILES string of the molecule is O=C(N/N=C/c1cccc(O)c1O)c1nn(Cc2ccccc2)c(=O)c2ccccc12. The third-order valence-corrected chi connectivity index (χ3v) is 4.67. The molecule has 0 saturated carbocycles. The first-order chi connectivity index (χ1) is 15.0. The van der Waals surface area contributed by atoms with Crippen molar-refractivity contribution in [1.29, 1.82) is 0 Å². The maximum atomic E-state index is 12.9. The number of benzene rings is 3. The largest absolute Gasteiger partial charge is 0.504 e. The van der Waals surface area contributed by atoms with Gasteiger partial charge in [0, 0.05) is 10.9 Å². The molecule has 8 nitrogen and oxygen atoms in total. The number of carbonyl (C=O) groups is 1. The maximum Gasteiger partial charge on any atom is 0.292 e. The van der Waals surface area contributed by atoms with Gasteiger partial charge in [0.2, 0.25) is 0 Å². The zero-order chi connectivity index (χ0) is 21.8. The Bertz CT molecular complexity index is 1350. The maximum absolute atomic E-state index is 12.9. The van der Waals surface area contributed by atoms with E-state index in [2.05, 4.69) is 15.6 Å². The number of para-hydroxylation sites is 1. The van der Waals surface area contributed by atoms with E-state index in [-0.39, 0.29) is 34.9 Å². The minimum atomic E-state index is -0.617. The van der Waals surface area contributed by atoms with Crippen LogP contribution < -0.4 is 11.0 Å². The summed E-state index contributed by atoms with van der Waals surface area (Å²) in [6, 6.07) is 20.5. The molecule has 0 aliphatic rings. The van der Waals surface area contributed by atoms with E-state index in [1.54, 1.807) is 24.3 Å². The monoisotopic (exact) mass is 414 g/mol. The topological polar surface area (TPSA) is 117 Å². The predicted molar refractivity (Wildman–Crippen MR) is 116 cm³/mol. The molecular formula is C23H18N4O4. The van der Waals surface area contributed by atoms with E-state index >= 15 is 0 Å². The molecule has 8 heteroatoms. The fourth-order valence-electron chi connectivity index (χ4n) is 3.13. The molecule has 4 rings (SSSR count). The van der Waals surface area contributed by atoms with Crippen LogP contribution in [0.15, 0.2) is 82.7 Å². The Morgan fingerprint density at radius 3 is 2.45 bits per heavy atom. The molecule has 3 N–H and O–H groups in total. The van der Waals surface area contributed by atoms with Crippen molar-refractivity contribution in [1.82, 2.24) is 15.2 Å². The molecule has 0 aliphatic heterocycles. The summed E-state index contributed by atoms with van der Waals surface area (Å²) in [7, 11) is 0. The summed E-state index contributed by atoms with van der Waals surface area (Å²) in [4.78, 5) is 25.7. The van der Waals surface area contributed by atoms with Crippen molar-refractivity contribution in [2.45, 2.75) is 6.54 Å². The second-order valence-electron chi connectivity index (χ2n) is 6.76. The predicted octanol–water partition coefficient (Wildman–Crippen LogP) is 2.62. The van der Waals surface area contributed by atoms with Gasteiger partial charge in [0.1, 0.15) is 0 Å². The lowest BCUT2D eigenvalue weighted by atomic mass is 10.1. The van der Waals surface area contributed by atoms with Gasteiger partial charge in [-0.3, -0.25) is 9.59 Å². The van der Waals surface area contributed by atoms with E-state index < -0.39 is 5.91 Å². The number of carbonyl (C=O) groups excluding carboxylic acids is 1. The molecule has 0 bridgehead atoms. The summed E-state index contributed by atoms with van der Waals surface area (Å²) < 4.78 is 1.25. The molecule has 0 saturated heterocycles. The summed E-state index contributed by atoms with van der Waals surface area (Å²) in [5.74, 6) is -1.26. The Labute approximate surface area is 176 Å². The number of hydrogen-bond acceptors (Lipinski definition) is 6. The van der Waals surface area contributed by atoms with Gasteiger partial charge in [0.25, 0.3) is 11.5 Å². The van der Waals surface area contributed by atoms with Crippen molar-refractivity contribution in [3.05, 3.63) is 100.0 Å². The average molecular weight is 414 g/mol. The van der Waals surface area contributed by atoms with Gasteiger partial charge in [-0.15, -0.1) is 0 Å². The van der Waals surface area contributed by atoms with Crippen molar-refractivity contribution in [3.8, 4) is 11.5 Å². The second kappa shape index (κ2) is 8.50. The normalized spacial score (nSPS) is 11.1. The molecule has 1 aromatic heterocycles. The Morgan fingerprint density at radius 1 is 0.968 bits per heavy atom. The number of nitrogens with one attached hydrogen (secondary N) is 1. The molecule has 0 atom stereocenters. The molecule has 0 spiro atoms. The average Bonchev–Trinajstić information content (AvgIpc) is 2.79. The van der Waals surface area contributed by atoms with Crippen LogP contribution in [0.5, 0.6) is 11.5 Å². The number of aromatic nitrogens is 2. The smallest absolute Gasteiger partial charge is 0.292 e. The van der Waals surface area contributed by atoms with Crippen molar-refractivity contribution in [2.75, 3.05) is 0 Å². The second-order valence-corrected chi connectivity index (χ2v) is 6.76. The van der Waals surface area contributed by atoms with Crippen molar-refractivity contribution < 1.29 is 15.0 Å². The third-order valence-electron chi connectivity index (χ3n) is 4.67. The van der Waals surface area contributed by atoms with E-state index in [1.807, 2.05) is 30.3 Å². The number of amides is 1. The van der Waals surface area contributed by atoms with Crippen LogP contribution in [-0.2, 0) is 6.54 Å². The molecule has 0 radical (unpaired) electrons. The first-order valence-corrected chi connectivity index (χ1v) is 9.42. The van der Waals surface area contributed by atoms with E-state index in [1.165, 1.54) is 29.1 Å². The minimum Gasteiger partial charge on any atom is -0.504 e. The van der Waals surface area contributed by atoms with Gasteiger partial charge >= 0.3 is 0 Å². The van der Waals surface area contributed by atoms with E-state index in [0.717, 1.165) is 5.56 Å². The number of hydrogen-bond donors (Lipinski definition) is 3. The summed E-state index contributed by atoms with van der Waals surface area (Å²) >= 11 is 0. The Kier molecular flexibility index (Phi) is 5.44. The Morgan fingerprint density at radius 2 is 1.68 bits per heavy atom. The first-order valence-electron chi connectivity index (χ1n) is 9.42. The van der Waals surface area contributed by atoms with E-state index in [4.69, 9.17) is 0 Å². The van der Waals surface area contributed by atoms with Crippen molar-refractivity contribution in [2.24, 2.45) is 5.10 Å². The van der Waals surface area contributed by atoms with Gasteiger partial charge in [-0.25, -0.2) is 10.1 Å². The summed E-state index contributed by atoms with van der Waals surface area (Å²) in [6.07, 6.45) is 1.20. The molecule has 0 unspecified atom stereocenters. The molecule has 0 aliphatic carbocycles. The Balaban J connectivity index is 1.68. The van der Waals surface area contributed by atoms with Crippen LogP contribution in [0.4, 0.5) is 0 Å². The zero-order valence-electron chi connectivity index (χ0n) is 16.3. The molecule has 1 amide bonds. The number of hydrazone groups is 1. The summed E-state index contributed by atoms with van der Waals surface area (Å²) in [5.41, 5.74) is 3.20. The third kappa shape index (κ3) is 4.13. The van der Waals surface area contributed by atoms with Crippen LogP contribution in [0, 0.1) is 0 Å². The van der Waals surface area contributed by atoms with Crippen LogP contribution in [0.25, 0.3) is 10.8 Å². The van der Waals surface area contributed by atoms with Crippen LogP contribution in [-0.4, -0.2) is 32.1 Å². The fraction of sp³-hybridized carbons (Fsp3) is 0.0435. The van der Waals surface area contributed by atoms with Crippen LogP contribution in [0.3, 0.4) is 0 Å². The zero-order valence-corrected chi connectivity index (χ0v) is 16.3. The van der Waals surface area contributed by atoms with Crippen LogP contribution >= 0.6 is 0 Å². The quantitative estimate of drug-likeness (QED) is 0.264. The molecule has 154 valence electrons. The number of fused-ring (bicyclic) bond motifs is 1. The van der Waals surface area contributed by atoms with Gasteiger partial charge in [0.05, 0.1) is 18.1 Å². The standard InChI is InChI=1S/C23H18N4O4/c28-19-12-6-9-16(21(19)29)13-24-25-22(30)20-17-10-4-5-11-18(17)23(31)27(26-20)14-15-7-2-1-3-8-15/h1-13,28-29H,14H2,(H,25,30)/b24-13+. The number of rotatable bonds is 5. The Hall–Kier alpha value is -4.46. The summed E-state index contributed by atoms with van der Waals surface area (Å²) in [6.45, 7) is 0.214. The molecule has 4 aromatic rings. The number of phenols is 2. The van der Waals surface area contributed by atoms with Gasteiger partial charge in [0.15, 0.2) is 17.2 Å². The van der Waals surface area contributed by atoms with Gasteiger partial charge in [-0.2, -0.15) is 10.2 Å². The minimum absolute atomic E-state index is 0.0448. The first kappa shape index (κ1) is 19.8. The van der Waals surface area contributed by atoms with Crippen LogP contribution in [0.2, 0.25) is 0 Å². The molecule has 0 fully saturated rings. The van der Waals surface area contributed by atoms with E-state index in [0.29, 0.717) is 10.8 Å². The lowest BCUT2D eigenvalue weighted by molar-refractivity contribution is 0.0949.